The molecule has 0 aliphatic heterocycles. The number of hydrogen-bond donors (Lipinski definition) is 0. The van der Waals surface area contributed by atoms with Gasteiger partial charge in [0, 0.05) is 16.0 Å². The first-order valence-corrected chi connectivity index (χ1v) is 6.08. The number of aliphatic imine (C=N–C) groups is 1. The maximum Gasteiger partial charge on any atom is 0.0811 e. The molecule has 80 valence electrons. The Morgan fingerprint density at radius 3 is 2.62 bits per heavy atom. The predicted molar refractivity (Wildman–Crippen MR) is 74.7 cm³/mol. The molecule has 1 aromatic carbocycles. The monoisotopic (exact) mass is 322 g/mol. The van der Waals surface area contributed by atoms with Crippen LogP contribution in [-0.4, -0.2) is 11.2 Å². The van der Waals surface area contributed by atoms with Crippen molar-refractivity contribution in [1.29, 1.82) is 0 Å². The van der Waals surface area contributed by atoms with E-state index in [0.717, 1.165) is 11.3 Å². The molecule has 0 atom stereocenters. The summed E-state index contributed by atoms with van der Waals surface area (Å²) in [7, 11) is 0. The molecule has 0 aliphatic rings. The molecule has 3 heteroatoms. The molecule has 2 nitrogen and oxygen atoms in total. The fraction of sp³-hybridized carbons (Fsp3) is 0.0769. The lowest BCUT2D eigenvalue weighted by Gasteiger charge is -1.95. The topological polar surface area (TPSA) is 25.2 Å². The number of nitrogens with zero attached hydrogens (tertiary/aromatic N) is 2. The normalized spacial score (nSPS) is 10.8. The molecule has 0 unspecified atom stereocenters. The van der Waals surface area contributed by atoms with Gasteiger partial charge in [-0.3, -0.25) is 9.98 Å². The van der Waals surface area contributed by atoms with Crippen molar-refractivity contribution in [3.8, 4) is 0 Å². The number of aromatic nitrogens is 1. The van der Waals surface area contributed by atoms with Crippen molar-refractivity contribution in [1.82, 2.24) is 4.98 Å². The highest BCUT2D eigenvalue weighted by Gasteiger charge is 1.90. The fourth-order valence-corrected chi connectivity index (χ4v) is 1.64. The van der Waals surface area contributed by atoms with Crippen LogP contribution in [0.4, 0.5) is 0 Å². The summed E-state index contributed by atoms with van der Waals surface area (Å²) in [4.78, 5) is 8.56. The lowest BCUT2D eigenvalue weighted by molar-refractivity contribution is 0.995. The van der Waals surface area contributed by atoms with Crippen LogP contribution in [0.3, 0.4) is 0 Å². The molecule has 16 heavy (non-hydrogen) atoms. The number of hydrogen-bond acceptors (Lipinski definition) is 2. The van der Waals surface area contributed by atoms with Crippen molar-refractivity contribution in [2.24, 2.45) is 4.99 Å². The number of pyridine rings is 1. The first-order valence-electron chi connectivity index (χ1n) is 5.00. The van der Waals surface area contributed by atoms with E-state index < -0.39 is 0 Å². The van der Waals surface area contributed by atoms with Crippen molar-refractivity contribution in [2.45, 2.75) is 6.54 Å². The molecular formula is C13H11IN2. The molecule has 0 N–H and O–H groups in total. The van der Waals surface area contributed by atoms with Crippen molar-refractivity contribution < 1.29 is 0 Å². The Balaban J connectivity index is 1.98. The summed E-state index contributed by atoms with van der Waals surface area (Å²) in [5.74, 6) is 0. The Hall–Kier alpha value is -1.23. The van der Waals surface area contributed by atoms with Gasteiger partial charge in [0.1, 0.15) is 0 Å². The van der Waals surface area contributed by atoms with Gasteiger partial charge in [-0.2, -0.15) is 0 Å². The van der Waals surface area contributed by atoms with Crippen molar-refractivity contribution >= 4 is 28.8 Å². The zero-order valence-electron chi connectivity index (χ0n) is 8.68. The van der Waals surface area contributed by atoms with Gasteiger partial charge in [0.15, 0.2) is 0 Å². The Kier molecular flexibility index (Phi) is 4.04. The van der Waals surface area contributed by atoms with Gasteiger partial charge in [-0.05, 0) is 52.4 Å². The predicted octanol–water partition coefficient (Wildman–Crippen LogP) is 3.31. The lowest BCUT2D eigenvalue weighted by atomic mass is 10.2. The van der Waals surface area contributed by atoms with Gasteiger partial charge in [-0.15, -0.1) is 0 Å². The second-order valence-electron chi connectivity index (χ2n) is 3.34. The maximum atomic E-state index is 4.35. The van der Waals surface area contributed by atoms with Crippen LogP contribution in [0.1, 0.15) is 11.3 Å². The fourth-order valence-electron chi connectivity index (χ4n) is 1.29. The van der Waals surface area contributed by atoms with Crippen molar-refractivity contribution in [3.63, 3.8) is 0 Å². The highest BCUT2D eigenvalue weighted by atomic mass is 127. The molecule has 1 heterocycles. The van der Waals surface area contributed by atoms with Gasteiger partial charge < -0.3 is 0 Å². The van der Waals surface area contributed by atoms with Crippen LogP contribution < -0.4 is 0 Å². The van der Waals surface area contributed by atoms with E-state index in [2.05, 4.69) is 56.8 Å². The second kappa shape index (κ2) is 5.75. The van der Waals surface area contributed by atoms with Crippen molar-refractivity contribution in [3.05, 3.63) is 63.5 Å². The van der Waals surface area contributed by atoms with Crippen LogP contribution in [0.25, 0.3) is 0 Å². The highest BCUT2D eigenvalue weighted by molar-refractivity contribution is 14.1. The van der Waals surface area contributed by atoms with E-state index in [1.165, 1.54) is 3.57 Å². The van der Waals surface area contributed by atoms with E-state index in [-0.39, 0.29) is 0 Å². The molecule has 0 radical (unpaired) electrons. The standard InChI is InChI=1S/C13H11IN2/c14-12-6-4-11(5-7-12)9-15-10-13-3-1-2-8-16-13/h1-9H,10H2. The zero-order chi connectivity index (χ0) is 11.2. The summed E-state index contributed by atoms with van der Waals surface area (Å²) < 4.78 is 1.24. The molecule has 2 aromatic rings. The number of rotatable bonds is 3. The van der Waals surface area contributed by atoms with Crippen molar-refractivity contribution in [2.75, 3.05) is 0 Å². The van der Waals surface area contributed by atoms with Gasteiger partial charge in [-0.1, -0.05) is 18.2 Å². The molecule has 2 rings (SSSR count). The second-order valence-corrected chi connectivity index (χ2v) is 4.59. The third-order valence-electron chi connectivity index (χ3n) is 2.09. The maximum absolute atomic E-state index is 4.35. The third kappa shape index (κ3) is 3.41. The molecule has 0 bridgehead atoms. The molecule has 0 saturated heterocycles. The minimum absolute atomic E-state index is 0.632. The smallest absolute Gasteiger partial charge is 0.0811 e. The number of halogens is 1. The first-order chi connectivity index (χ1) is 7.84. The molecule has 1 aromatic heterocycles. The quantitative estimate of drug-likeness (QED) is 0.629. The minimum Gasteiger partial charge on any atom is -0.286 e. The van der Waals surface area contributed by atoms with E-state index in [9.17, 15) is 0 Å². The van der Waals surface area contributed by atoms with E-state index in [0.29, 0.717) is 6.54 Å². The van der Waals surface area contributed by atoms with Gasteiger partial charge in [0.2, 0.25) is 0 Å². The van der Waals surface area contributed by atoms with Crippen LogP contribution in [-0.2, 0) is 6.54 Å². The lowest BCUT2D eigenvalue weighted by Crippen LogP contribution is -1.87. The molecule has 0 saturated carbocycles. The van der Waals surface area contributed by atoms with Gasteiger partial charge in [0.25, 0.3) is 0 Å². The van der Waals surface area contributed by atoms with Gasteiger partial charge in [-0.25, -0.2) is 0 Å². The average Bonchev–Trinajstić information content (AvgIpc) is 2.33. The Labute approximate surface area is 109 Å². The minimum atomic E-state index is 0.632. The third-order valence-corrected chi connectivity index (χ3v) is 2.81. The summed E-state index contributed by atoms with van der Waals surface area (Å²) in [5, 5.41) is 0. The van der Waals surface area contributed by atoms with Gasteiger partial charge >= 0.3 is 0 Å². The summed E-state index contributed by atoms with van der Waals surface area (Å²) in [6, 6.07) is 14.1. The molecule has 0 spiro atoms. The largest absolute Gasteiger partial charge is 0.286 e. The van der Waals surface area contributed by atoms with E-state index >= 15 is 0 Å². The summed E-state index contributed by atoms with van der Waals surface area (Å²) in [6.07, 6.45) is 3.67. The zero-order valence-corrected chi connectivity index (χ0v) is 10.8. The summed E-state index contributed by atoms with van der Waals surface area (Å²) >= 11 is 2.29. The van der Waals surface area contributed by atoms with E-state index in [1.807, 2.05) is 24.4 Å². The number of benzene rings is 1. The Morgan fingerprint density at radius 1 is 1.12 bits per heavy atom. The average molecular weight is 322 g/mol. The van der Waals surface area contributed by atoms with E-state index in [1.54, 1.807) is 6.20 Å². The van der Waals surface area contributed by atoms with Crippen LogP contribution in [0.15, 0.2) is 53.7 Å². The summed E-state index contributed by atoms with van der Waals surface area (Å²) in [6.45, 7) is 0.632. The molecular weight excluding hydrogens is 311 g/mol. The Bertz CT molecular complexity index is 463. The molecule has 0 fully saturated rings. The van der Waals surface area contributed by atoms with Crippen LogP contribution in [0.2, 0.25) is 0 Å². The highest BCUT2D eigenvalue weighted by Crippen LogP contribution is 2.05. The first kappa shape index (κ1) is 11.3. The summed E-state index contributed by atoms with van der Waals surface area (Å²) in [5.41, 5.74) is 2.11. The molecule has 0 amide bonds. The Morgan fingerprint density at radius 2 is 1.94 bits per heavy atom. The van der Waals surface area contributed by atoms with Crippen LogP contribution in [0.5, 0.6) is 0 Å². The van der Waals surface area contributed by atoms with E-state index in [4.69, 9.17) is 0 Å². The van der Waals surface area contributed by atoms with Gasteiger partial charge in [0.05, 0.1) is 12.2 Å². The van der Waals surface area contributed by atoms with Crippen LogP contribution in [0, 0.1) is 3.57 Å². The SMILES string of the molecule is Ic1ccc(C=NCc2ccccn2)cc1. The molecule has 0 aliphatic carbocycles. The van der Waals surface area contributed by atoms with Crippen LogP contribution >= 0.6 is 22.6 Å².